The van der Waals surface area contributed by atoms with Gasteiger partial charge in [0.25, 0.3) is 0 Å². The van der Waals surface area contributed by atoms with Crippen molar-refractivity contribution >= 4 is 17.0 Å². The van der Waals surface area contributed by atoms with Crippen molar-refractivity contribution < 1.29 is 0 Å². The third kappa shape index (κ3) is 3.12. The molecule has 1 aromatic carbocycles. The Bertz CT molecular complexity index is 564. The maximum absolute atomic E-state index is 9.12. The summed E-state index contributed by atoms with van der Waals surface area (Å²) in [6, 6.07) is 10.6. The van der Waals surface area contributed by atoms with Crippen LogP contribution in [0.25, 0.3) is 0 Å². The van der Waals surface area contributed by atoms with Crippen molar-refractivity contribution in [3.8, 4) is 6.07 Å². The van der Waals surface area contributed by atoms with E-state index in [9.17, 15) is 0 Å². The molecule has 0 aliphatic rings. The van der Waals surface area contributed by atoms with Crippen LogP contribution in [0, 0.1) is 11.3 Å². The van der Waals surface area contributed by atoms with E-state index >= 15 is 0 Å². The summed E-state index contributed by atoms with van der Waals surface area (Å²) >= 11 is 1.64. The van der Waals surface area contributed by atoms with Crippen molar-refractivity contribution in [2.75, 3.05) is 5.32 Å². The Kier molecular flexibility index (Phi) is 3.87. The van der Waals surface area contributed by atoms with Gasteiger partial charge in [-0.2, -0.15) is 5.26 Å². The van der Waals surface area contributed by atoms with Crippen molar-refractivity contribution in [2.24, 2.45) is 0 Å². The normalized spacial score (nSPS) is 12.7. The molecule has 0 fully saturated rings. The smallest absolute Gasteiger partial charge is 0.0795 e. The predicted octanol–water partition coefficient (Wildman–Crippen LogP) is 4.12. The number of nitriles is 1. The molecule has 98 valence electrons. The van der Waals surface area contributed by atoms with E-state index in [4.69, 9.17) is 5.26 Å². The number of thiazole rings is 1. The van der Waals surface area contributed by atoms with Crippen LogP contribution in [0.1, 0.15) is 37.3 Å². The zero-order chi connectivity index (χ0) is 13.9. The fourth-order valence-corrected chi connectivity index (χ4v) is 2.44. The van der Waals surface area contributed by atoms with Crippen LogP contribution >= 0.6 is 11.3 Å². The van der Waals surface area contributed by atoms with Gasteiger partial charge in [-0.3, -0.25) is 4.98 Å². The summed E-state index contributed by atoms with van der Waals surface area (Å²) in [5.41, 5.74) is 3.48. The van der Waals surface area contributed by atoms with Gasteiger partial charge in [0.1, 0.15) is 0 Å². The van der Waals surface area contributed by atoms with Crippen molar-refractivity contribution in [2.45, 2.75) is 32.2 Å². The maximum Gasteiger partial charge on any atom is 0.0795 e. The Hall–Kier alpha value is -1.86. The van der Waals surface area contributed by atoms with E-state index in [-0.39, 0.29) is 6.04 Å². The summed E-state index contributed by atoms with van der Waals surface area (Å²) in [6.07, 6.45) is 1.88. The molecule has 2 aromatic rings. The number of nitrogens with one attached hydrogen (secondary N) is 1. The fourth-order valence-electron chi connectivity index (χ4n) is 1.81. The minimum atomic E-state index is -0.443. The molecule has 0 bridgehead atoms. The van der Waals surface area contributed by atoms with Crippen LogP contribution in [0.15, 0.2) is 36.0 Å². The Morgan fingerprint density at radius 3 is 2.53 bits per heavy atom. The van der Waals surface area contributed by atoms with Gasteiger partial charge in [0.2, 0.25) is 0 Å². The Labute approximate surface area is 117 Å². The van der Waals surface area contributed by atoms with Crippen LogP contribution in [-0.4, -0.2) is 4.98 Å². The van der Waals surface area contributed by atoms with Crippen molar-refractivity contribution in [1.82, 2.24) is 4.98 Å². The summed E-state index contributed by atoms with van der Waals surface area (Å²) < 4.78 is 0. The first-order valence-corrected chi connectivity index (χ1v) is 7.07. The lowest BCUT2D eigenvalue weighted by molar-refractivity contribution is 0.687. The van der Waals surface area contributed by atoms with Gasteiger partial charge in [0, 0.05) is 16.8 Å². The summed E-state index contributed by atoms with van der Waals surface area (Å²) in [5.74, 6) is 0. The minimum absolute atomic E-state index is 0.238. The number of hydrogen-bond donors (Lipinski definition) is 1. The largest absolute Gasteiger partial charge is 0.378 e. The second kappa shape index (κ2) is 5.41. The van der Waals surface area contributed by atoms with Gasteiger partial charge < -0.3 is 5.32 Å². The number of nitrogens with zero attached hydrogens (tertiary/aromatic N) is 2. The van der Waals surface area contributed by atoms with Gasteiger partial charge in [-0.15, -0.1) is 11.3 Å². The molecule has 0 radical (unpaired) electrons. The molecule has 1 atom stereocenters. The van der Waals surface area contributed by atoms with Crippen LogP contribution in [-0.2, 0) is 5.41 Å². The Balaban J connectivity index is 2.10. The highest BCUT2D eigenvalue weighted by molar-refractivity contribution is 7.09. The van der Waals surface area contributed by atoms with E-state index in [1.807, 2.05) is 49.8 Å². The second-order valence-corrected chi connectivity index (χ2v) is 6.00. The molecule has 0 spiro atoms. The SMILES string of the molecule is CC(Nc1ccc(C(C)(C)C#N)cc1)c1cncs1. The third-order valence-electron chi connectivity index (χ3n) is 3.15. The lowest BCUT2D eigenvalue weighted by Gasteiger charge is -2.18. The molecular weight excluding hydrogens is 254 g/mol. The number of hydrogen-bond acceptors (Lipinski definition) is 4. The highest BCUT2D eigenvalue weighted by Crippen LogP contribution is 2.26. The van der Waals surface area contributed by atoms with E-state index < -0.39 is 5.41 Å². The average Bonchev–Trinajstić information content (AvgIpc) is 2.93. The molecule has 0 amide bonds. The van der Waals surface area contributed by atoms with Crippen LogP contribution in [0.2, 0.25) is 0 Å². The molecular formula is C15H17N3S. The number of benzene rings is 1. The van der Waals surface area contributed by atoms with Crippen molar-refractivity contribution in [3.63, 3.8) is 0 Å². The number of anilines is 1. The van der Waals surface area contributed by atoms with Gasteiger partial charge in [0.15, 0.2) is 0 Å². The van der Waals surface area contributed by atoms with Crippen LogP contribution in [0.5, 0.6) is 0 Å². The van der Waals surface area contributed by atoms with E-state index in [2.05, 4.69) is 23.3 Å². The zero-order valence-corrected chi connectivity index (χ0v) is 12.2. The van der Waals surface area contributed by atoms with Crippen molar-refractivity contribution in [3.05, 3.63) is 46.4 Å². The van der Waals surface area contributed by atoms with Crippen LogP contribution in [0.4, 0.5) is 5.69 Å². The summed E-state index contributed by atoms with van der Waals surface area (Å²) in [6.45, 7) is 5.96. The number of rotatable bonds is 4. The van der Waals surface area contributed by atoms with E-state index in [1.165, 1.54) is 4.88 Å². The second-order valence-electron chi connectivity index (χ2n) is 5.08. The Morgan fingerprint density at radius 1 is 1.32 bits per heavy atom. The molecule has 2 rings (SSSR count). The molecule has 3 nitrogen and oxygen atoms in total. The predicted molar refractivity (Wildman–Crippen MR) is 79.2 cm³/mol. The average molecular weight is 271 g/mol. The highest BCUT2D eigenvalue weighted by atomic mass is 32.1. The van der Waals surface area contributed by atoms with E-state index in [0.29, 0.717) is 0 Å². The van der Waals surface area contributed by atoms with Gasteiger partial charge >= 0.3 is 0 Å². The lowest BCUT2D eigenvalue weighted by Crippen LogP contribution is -2.13. The molecule has 0 saturated heterocycles. The van der Waals surface area contributed by atoms with E-state index in [1.54, 1.807) is 11.3 Å². The zero-order valence-electron chi connectivity index (χ0n) is 11.3. The van der Waals surface area contributed by atoms with Gasteiger partial charge in [0.05, 0.1) is 23.0 Å². The van der Waals surface area contributed by atoms with Crippen LogP contribution in [0.3, 0.4) is 0 Å². The quantitative estimate of drug-likeness (QED) is 0.910. The minimum Gasteiger partial charge on any atom is -0.378 e. The fraction of sp³-hybridized carbons (Fsp3) is 0.333. The maximum atomic E-state index is 9.12. The molecule has 1 aromatic heterocycles. The molecule has 1 N–H and O–H groups in total. The Morgan fingerprint density at radius 2 is 2.00 bits per heavy atom. The molecule has 19 heavy (non-hydrogen) atoms. The molecule has 0 aliphatic heterocycles. The molecule has 1 unspecified atom stereocenters. The third-order valence-corrected chi connectivity index (χ3v) is 4.11. The molecule has 0 saturated carbocycles. The molecule has 4 heteroatoms. The van der Waals surface area contributed by atoms with Gasteiger partial charge in [-0.1, -0.05) is 12.1 Å². The lowest BCUT2D eigenvalue weighted by atomic mass is 9.86. The van der Waals surface area contributed by atoms with Gasteiger partial charge in [-0.05, 0) is 38.5 Å². The number of aromatic nitrogens is 1. The van der Waals surface area contributed by atoms with Crippen molar-refractivity contribution in [1.29, 1.82) is 5.26 Å². The van der Waals surface area contributed by atoms with Gasteiger partial charge in [-0.25, -0.2) is 0 Å². The van der Waals surface area contributed by atoms with Crippen LogP contribution < -0.4 is 5.32 Å². The first-order valence-electron chi connectivity index (χ1n) is 6.19. The molecule has 1 heterocycles. The summed E-state index contributed by atoms with van der Waals surface area (Å²) in [4.78, 5) is 5.29. The van der Waals surface area contributed by atoms with E-state index in [0.717, 1.165) is 11.3 Å². The molecule has 0 aliphatic carbocycles. The first-order chi connectivity index (χ1) is 9.03. The first kappa shape index (κ1) is 13.6. The monoisotopic (exact) mass is 271 g/mol. The highest BCUT2D eigenvalue weighted by Gasteiger charge is 2.19. The standard InChI is InChI=1S/C15H17N3S/c1-11(14-8-17-10-19-14)18-13-6-4-12(5-7-13)15(2,3)9-16/h4-8,10-11,18H,1-3H3. The topological polar surface area (TPSA) is 48.7 Å². The summed E-state index contributed by atoms with van der Waals surface area (Å²) in [5, 5.41) is 12.5. The summed E-state index contributed by atoms with van der Waals surface area (Å²) in [7, 11) is 0.